The third-order valence-electron chi connectivity index (χ3n) is 5.13. The first-order valence-corrected chi connectivity index (χ1v) is 26.4. The van der Waals surface area contributed by atoms with Crippen molar-refractivity contribution in [2.24, 2.45) is 0 Å². The Morgan fingerprint density at radius 1 is 0.500 bits per heavy atom. The van der Waals surface area contributed by atoms with Crippen LogP contribution in [0.5, 0.6) is 23.0 Å². The molecule has 2 aromatic carbocycles. The number of hydrogen-bond acceptors (Lipinski definition) is 8. The van der Waals surface area contributed by atoms with E-state index < -0.39 is 44.5 Å². The van der Waals surface area contributed by atoms with Crippen molar-refractivity contribution >= 4 is 66.0 Å². The normalized spacial score (nSPS) is 13.5. The van der Waals surface area contributed by atoms with Crippen LogP contribution in [0.25, 0.3) is 32.7 Å². The highest BCUT2D eigenvalue weighted by Gasteiger charge is 2.33. The van der Waals surface area contributed by atoms with Gasteiger partial charge in [0, 0.05) is 10.8 Å². The molecule has 0 aliphatic rings. The molecule has 0 fully saturated rings. The molecule has 0 atom stereocenters. The van der Waals surface area contributed by atoms with E-state index in [1.807, 2.05) is 78.6 Å². The van der Waals surface area contributed by atoms with Gasteiger partial charge in [-0.05, 0) is 90.7 Å². The summed E-state index contributed by atoms with van der Waals surface area (Å²) < 4.78 is 37.5. The second kappa shape index (κ2) is 9.00. The van der Waals surface area contributed by atoms with Crippen molar-refractivity contribution < 1.29 is 26.5 Å². The molecule has 0 aliphatic carbocycles. The van der Waals surface area contributed by atoms with Crippen molar-refractivity contribution in [2.45, 2.75) is 78.6 Å². The molecule has 0 unspecified atom stereocenters. The summed E-state index contributed by atoms with van der Waals surface area (Å²) in [6.07, 6.45) is 0. The van der Waals surface area contributed by atoms with Crippen LogP contribution in [-0.2, 0) is 0 Å². The van der Waals surface area contributed by atoms with Gasteiger partial charge in [0.15, 0.2) is 22.7 Å². The van der Waals surface area contributed by atoms with Gasteiger partial charge in [-0.15, -0.1) is 0 Å². The van der Waals surface area contributed by atoms with Crippen LogP contribution < -0.4 is 29.0 Å². The van der Waals surface area contributed by atoms with E-state index in [-0.39, 0.29) is 21.9 Å². The Morgan fingerprint density at radius 2 is 0.789 bits per heavy atom. The van der Waals surface area contributed by atoms with Crippen molar-refractivity contribution in [1.82, 2.24) is 0 Å². The zero-order chi connectivity index (χ0) is 28.6. The van der Waals surface area contributed by atoms with E-state index in [2.05, 4.69) is 0 Å². The van der Waals surface area contributed by atoms with Crippen LogP contribution in [0.1, 0.15) is 0 Å². The van der Waals surface area contributed by atoms with Gasteiger partial charge in [-0.2, -0.15) is 0 Å². The molecular formula is C26H38O8Si4. The monoisotopic (exact) mass is 590 g/mol. The highest BCUT2D eigenvalue weighted by Crippen LogP contribution is 2.48. The molecule has 38 heavy (non-hydrogen) atoms. The SMILES string of the molecule is C[Si](C)(C)Oc1cc2c(=O)oc3c(O[Si](C)(C)C)c(O[Si](C)(C)C)cc4c(=O)oc(c1O[Si](C)(C)C)c2c34. The number of rotatable bonds is 8. The van der Waals surface area contributed by atoms with Gasteiger partial charge in [0.25, 0.3) is 0 Å². The van der Waals surface area contributed by atoms with Crippen molar-refractivity contribution in [3.05, 3.63) is 33.0 Å². The zero-order valence-corrected chi connectivity index (χ0v) is 28.4. The zero-order valence-electron chi connectivity index (χ0n) is 24.4. The molecular weight excluding hydrogens is 553 g/mol. The average molecular weight is 591 g/mol. The molecule has 8 nitrogen and oxygen atoms in total. The predicted octanol–water partition coefficient (Wildman–Crippen LogP) is 7.35. The molecule has 2 heterocycles. The summed E-state index contributed by atoms with van der Waals surface area (Å²) in [5, 5.41) is 1.44. The van der Waals surface area contributed by atoms with Crippen molar-refractivity contribution in [3.63, 3.8) is 0 Å². The Bertz CT molecular complexity index is 1520. The van der Waals surface area contributed by atoms with E-state index in [1.54, 1.807) is 12.1 Å². The van der Waals surface area contributed by atoms with Gasteiger partial charge < -0.3 is 26.5 Å². The standard InChI is InChI=1S/C26H38O8Si4/c1-35(2,3)31-17-13-15-19-20-16(26(28)29-23(19)21(17)33-37(7,8)9)14-18(32-36(4,5)6)22(34-38(10,11)12)24(20)30-25(15)27/h13-14H,1-12H3. The van der Waals surface area contributed by atoms with Gasteiger partial charge >= 0.3 is 11.3 Å². The molecule has 0 spiro atoms. The van der Waals surface area contributed by atoms with Gasteiger partial charge in [-0.3, -0.25) is 0 Å². The first kappa shape index (κ1) is 28.5. The van der Waals surface area contributed by atoms with E-state index in [4.69, 9.17) is 26.5 Å². The molecule has 0 saturated heterocycles. The fourth-order valence-corrected chi connectivity index (χ4v) is 7.39. The molecule has 12 heteroatoms. The Hall–Kier alpha value is -2.55. The summed E-state index contributed by atoms with van der Waals surface area (Å²) in [7, 11) is -8.65. The lowest BCUT2D eigenvalue weighted by Crippen LogP contribution is -2.33. The molecule has 0 radical (unpaired) electrons. The van der Waals surface area contributed by atoms with Crippen LogP contribution in [0.3, 0.4) is 0 Å². The first-order valence-electron chi connectivity index (χ1n) is 12.8. The summed E-state index contributed by atoms with van der Waals surface area (Å²) in [5.41, 5.74) is -0.788. The summed E-state index contributed by atoms with van der Waals surface area (Å²) in [6, 6.07) is 3.32. The average Bonchev–Trinajstić information content (AvgIpc) is 2.68. The molecule has 2 aromatic heterocycles. The van der Waals surface area contributed by atoms with Crippen LogP contribution in [0, 0.1) is 0 Å². The predicted molar refractivity (Wildman–Crippen MR) is 163 cm³/mol. The van der Waals surface area contributed by atoms with E-state index in [9.17, 15) is 9.59 Å². The molecule has 0 N–H and O–H groups in total. The number of benzene rings is 2. The van der Waals surface area contributed by atoms with Gasteiger partial charge in [-0.25, -0.2) is 9.59 Å². The van der Waals surface area contributed by atoms with Crippen LogP contribution in [-0.4, -0.2) is 33.3 Å². The minimum atomic E-state index is -2.19. The smallest absolute Gasteiger partial charge is 0.344 e. The minimum absolute atomic E-state index is 0.186. The first-order chi connectivity index (χ1) is 17.1. The summed E-state index contributed by atoms with van der Waals surface area (Å²) in [4.78, 5) is 27.1. The van der Waals surface area contributed by atoms with Crippen LogP contribution in [0.4, 0.5) is 0 Å². The van der Waals surface area contributed by atoms with E-state index in [1.165, 1.54) is 0 Å². The lowest BCUT2D eigenvalue weighted by atomic mass is 10.0. The molecule has 206 valence electrons. The molecule has 0 saturated carbocycles. The highest BCUT2D eigenvalue weighted by atomic mass is 28.4. The topological polar surface area (TPSA) is 97.3 Å². The van der Waals surface area contributed by atoms with Crippen LogP contribution >= 0.6 is 0 Å². The Labute approximate surface area is 226 Å². The third-order valence-corrected chi connectivity index (χ3v) is 8.43. The minimum Gasteiger partial charge on any atom is -0.542 e. The molecule has 0 bridgehead atoms. The van der Waals surface area contributed by atoms with E-state index in [0.717, 1.165) is 0 Å². The lowest BCUT2D eigenvalue weighted by Gasteiger charge is -2.28. The molecule has 4 aromatic rings. The summed E-state index contributed by atoms with van der Waals surface area (Å²) in [6.45, 7) is 24.4. The van der Waals surface area contributed by atoms with E-state index in [0.29, 0.717) is 33.8 Å². The van der Waals surface area contributed by atoms with Crippen molar-refractivity contribution in [2.75, 3.05) is 0 Å². The molecule has 0 amide bonds. The lowest BCUT2D eigenvalue weighted by molar-refractivity contribution is 0.468. The van der Waals surface area contributed by atoms with Gasteiger partial charge in [-0.1, -0.05) is 0 Å². The van der Waals surface area contributed by atoms with Crippen LogP contribution in [0.15, 0.2) is 30.6 Å². The fourth-order valence-electron chi connectivity index (χ4n) is 4.16. The van der Waals surface area contributed by atoms with Crippen molar-refractivity contribution in [1.29, 1.82) is 0 Å². The second-order valence-corrected chi connectivity index (χ2v) is 31.3. The Balaban J connectivity index is 2.25. The van der Waals surface area contributed by atoms with Gasteiger partial charge in [0.05, 0.1) is 10.8 Å². The molecule has 4 rings (SSSR count). The summed E-state index contributed by atoms with van der Waals surface area (Å²) >= 11 is 0. The summed E-state index contributed by atoms with van der Waals surface area (Å²) in [5.74, 6) is 1.46. The third kappa shape index (κ3) is 5.87. The molecule has 0 aliphatic heterocycles. The van der Waals surface area contributed by atoms with Gasteiger partial charge in [0.2, 0.25) is 33.3 Å². The maximum absolute atomic E-state index is 13.5. The number of hydrogen-bond donors (Lipinski definition) is 0. The fraction of sp³-hybridized carbons (Fsp3) is 0.462. The Kier molecular flexibility index (Phi) is 6.74. The van der Waals surface area contributed by atoms with Crippen LogP contribution in [0.2, 0.25) is 78.6 Å². The second-order valence-electron chi connectivity index (χ2n) is 13.5. The highest BCUT2D eigenvalue weighted by molar-refractivity contribution is 6.72. The Morgan fingerprint density at radius 3 is 1.05 bits per heavy atom. The van der Waals surface area contributed by atoms with Crippen molar-refractivity contribution in [3.8, 4) is 23.0 Å². The quantitative estimate of drug-likeness (QED) is 0.119. The largest absolute Gasteiger partial charge is 0.542 e. The maximum atomic E-state index is 13.5. The van der Waals surface area contributed by atoms with Gasteiger partial charge in [0.1, 0.15) is 11.5 Å². The van der Waals surface area contributed by atoms with E-state index >= 15 is 0 Å². The maximum Gasteiger partial charge on any atom is 0.344 e.